The molecule has 0 unspecified atom stereocenters. The van der Waals surface area contributed by atoms with Gasteiger partial charge in [0.15, 0.2) is 0 Å². The molecule has 0 saturated carbocycles. The molecular formula is C10H18N2O6. The summed E-state index contributed by atoms with van der Waals surface area (Å²) in [4.78, 5) is 33.2. The Morgan fingerprint density at radius 3 is 2.00 bits per heavy atom. The first-order valence-electron chi connectivity index (χ1n) is 5.47. The zero-order valence-corrected chi connectivity index (χ0v) is 10.0. The van der Waals surface area contributed by atoms with E-state index in [4.69, 9.17) is 20.7 Å². The molecule has 18 heavy (non-hydrogen) atoms. The first-order valence-corrected chi connectivity index (χ1v) is 5.47. The Morgan fingerprint density at radius 2 is 1.56 bits per heavy atom. The molecule has 0 aliphatic carbocycles. The first-order chi connectivity index (χ1) is 8.45. The number of rotatable bonds is 10. The van der Waals surface area contributed by atoms with Gasteiger partial charge in [-0.1, -0.05) is 0 Å². The van der Waals surface area contributed by atoms with Crippen molar-refractivity contribution in [2.24, 2.45) is 5.73 Å². The van der Waals surface area contributed by atoms with Crippen LogP contribution in [-0.2, 0) is 19.1 Å². The van der Waals surface area contributed by atoms with E-state index in [2.05, 4.69) is 0 Å². The highest BCUT2D eigenvalue weighted by Crippen LogP contribution is 1.93. The van der Waals surface area contributed by atoms with Crippen molar-refractivity contribution in [3.63, 3.8) is 0 Å². The highest BCUT2D eigenvalue weighted by molar-refractivity contribution is 5.76. The molecule has 0 aromatic rings. The number of esters is 1. The largest absolute Gasteiger partial charge is 0.480 e. The number of hydrogen-bond donors (Lipinski definition) is 3. The molecule has 0 atom stereocenters. The lowest BCUT2D eigenvalue weighted by atomic mass is 10.3. The van der Waals surface area contributed by atoms with Gasteiger partial charge in [0.05, 0.1) is 26.2 Å². The monoisotopic (exact) mass is 262 g/mol. The fourth-order valence-corrected chi connectivity index (χ4v) is 1.21. The summed E-state index contributed by atoms with van der Waals surface area (Å²) in [5.41, 5.74) is 5.26. The quantitative estimate of drug-likeness (QED) is 0.328. The van der Waals surface area contributed by atoms with Crippen LogP contribution in [0.4, 0.5) is 0 Å². The Kier molecular flexibility index (Phi) is 8.50. The third-order valence-corrected chi connectivity index (χ3v) is 1.93. The van der Waals surface area contributed by atoms with Crippen molar-refractivity contribution >= 4 is 17.9 Å². The smallest absolute Gasteiger partial charge is 0.320 e. The van der Waals surface area contributed by atoms with Gasteiger partial charge in [-0.15, -0.1) is 0 Å². The van der Waals surface area contributed by atoms with Gasteiger partial charge >= 0.3 is 17.9 Å². The third kappa shape index (κ3) is 9.55. The summed E-state index contributed by atoms with van der Waals surface area (Å²) in [6, 6.07) is 0. The highest BCUT2D eigenvalue weighted by Gasteiger charge is 2.17. The number of nitrogens with zero attached hydrogens (tertiary/aromatic N) is 1. The molecule has 0 bridgehead atoms. The first kappa shape index (κ1) is 16.3. The van der Waals surface area contributed by atoms with Crippen LogP contribution in [0.15, 0.2) is 0 Å². The van der Waals surface area contributed by atoms with Gasteiger partial charge in [0.1, 0.15) is 0 Å². The molecule has 0 amide bonds. The van der Waals surface area contributed by atoms with Gasteiger partial charge in [-0.25, -0.2) is 0 Å². The molecular weight excluding hydrogens is 244 g/mol. The summed E-state index contributed by atoms with van der Waals surface area (Å²) in [6.07, 6.45) is 1.35. The summed E-state index contributed by atoms with van der Waals surface area (Å²) < 4.78 is 4.82. The number of unbranched alkanes of at least 4 members (excludes halogenated alkanes) is 1. The van der Waals surface area contributed by atoms with Crippen LogP contribution in [0.25, 0.3) is 0 Å². The number of carboxylic acids is 2. The minimum Gasteiger partial charge on any atom is -0.480 e. The lowest BCUT2D eigenvalue weighted by Gasteiger charge is -2.16. The molecule has 0 spiro atoms. The topological polar surface area (TPSA) is 130 Å². The number of carbonyl (C=O) groups is 3. The van der Waals surface area contributed by atoms with Gasteiger partial charge in [0, 0.05) is 0 Å². The number of carboxylic acid groups (broad SMARTS) is 2. The molecule has 0 fully saturated rings. The van der Waals surface area contributed by atoms with Crippen LogP contribution in [0, 0.1) is 0 Å². The molecule has 4 N–H and O–H groups in total. The van der Waals surface area contributed by atoms with Gasteiger partial charge in [0.25, 0.3) is 0 Å². The average Bonchev–Trinajstić information content (AvgIpc) is 2.22. The van der Waals surface area contributed by atoms with E-state index in [0.29, 0.717) is 13.0 Å². The van der Waals surface area contributed by atoms with Crippen LogP contribution in [-0.4, -0.2) is 65.8 Å². The summed E-state index contributed by atoms with van der Waals surface area (Å²) >= 11 is 0. The van der Waals surface area contributed by atoms with Crippen molar-refractivity contribution in [1.29, 1.82) is 0 Å². The van der Waals surface area contributed by atoms with Crippen LogP contribution in [0.2, 0.25) is 0 Å². The molecule has 0 aromatic heterocycles. The Balaban J connectivity index is 4.01. The summed E-state index contributed by atoms with van der Waals surface area (Å²) in [7, 11) is 0. The van der Waals surface area contributed by atoms with Crippen LogP contribution >= 0.6 is 0 Å². The number of carbonyl (C=O) groups excluding carboxylic acids is 1. The minimum absolute atomic E-state index is 0.198. The Labute approximate surface area is 104 Å². The van der Waals surface area contributed by atoms with Crippen molar-refractivity contribution < 1.29 is 29.3 Å². The lowest BCUT2D eigenvalue weighted by Crippen LogP contribution is -2.38. The van der Waals surface area contributed by atoms with E-state index in [1.165, 1.54) is 0 Å². The molecule has 0 aromatic carbocycles. The fraction of sp³-hybridized carbons (Fsp3) is 0.700. The van der Waals surface area contributed by atoms with E-state index in [9.17, 15) is 14.4 Å². The molecule has 0 saturated heterocycles. The maximum atomic E-state index is 11.3. The van der Waals surface area contributed by atoms with E-state index in [1.807, 2.05) is 0 Å². The average molecular weight is 262 g/mol. The van der Waals surface area contributed by atoms with Crippen molar-refractivity contribution in [1.82, 2.24) is 4.90 Å². The van der Waals surface area contributed by atoms with E-state index < -0.39 is 31.0 Å². The van der Waals surface area contributed by atoms with Crippen molar-refractivity contribution in [3.05, 3.63) is 0 Å². The molecule has 0 aliphatic heterocycles. The number of aliphatic carboxylic acids is 2. The Hall–Kier alpha value is -1.67. The minimum atomic E-state index is -1.20. The molecule has 104 valence electrons. The van der Waals surface area contributed by atoms with E-state index in [0.717, 1.165) is 11.3 Å². The molecule has 8 nitrogen and oxygen atoms in total. The van der Waals surface area contributed by atoms with Crippen LogP contribution < -0.4 is 5.73 Å². The molecule has 8 heteroatoms. The Morgan fingerprint density at radius 1 is 1.00 bits per heavy atom. The van der Waals surface area contributed by atoms with Crippen LogP contribution in [0.5, 0.6) is 0 Å². The van der Waals surface area contributed by atoms with Crippen LogP contribution in [0.1, 0.15) is 12.8 Å². The second-order valence-corrected chi connectivity index (χ2v) is 3.65. The summed E-state index contributed by atoms with van der Waals surface area (Å²) in [6.45, 7) is -0.707. The van der Waals surface area contributed by atoms with Gasteiger partial charge in [0.2, 0.25) is 0 Å². The zero-order chi connectivity index (χ0) is 14.0. The van der Waals surface area contributed by atoms with Crippen molar-refractivity contribution in [2.45, 2.75) is 12.8 Å². The van der Waals surface area contributed by atoms with E-state index in [-0.39, 0.29) is 13.2 Å². The van der Waals surface area contributed by atoms with Crippen molar-refractivity contribution in [2.75, 3.05) is 32.8 Å². The molecule has 0 heterocycles. The van der Waals surface area contributed by atoms with Gasteiger partial charge in [-0.05, 0) is 19.4 Å². The summed E-state index contributed by atoms with van der Waals surface area (Å²) in [5.74, 6) is -3.05. The number of hydrogen-bond acceptors (Lipinski definition) is 6. The van der Waals surface area contributed by atoms with E-state index in [1.54, 1.807) is 0 Å². The molecule has 0 rings (SSSR count). The highest BCUT2D eigenvalue weighted by atomic mass is 16.5. The maximum Gasteiger partial charge on any atom is 0.320 e. The molecule has 0 aliphatic rings. The standard InChI is InChI=1S/C10H18N2O6/c11-3-1-2-4-18-10(17)7-12(5-8(13)14)6-9(15)16/h1-7,11H2,(H,13,14)(H,15,16). The second-order valence-electron chi connectivity index (χ2n) is 3.65. The predicted octanol–water partition coefficient (Wildman–Crippen LogP) is -1.26. The van der Waals surface area contributed by atoms with Gasteiger partial charge in [-0.2, -0.15) is 0 Å². The fourth-order valence-electron chi connectivity index (χ4n) is 1.21. The molecule has 0 radical (unpaired) electrons. The SMILES string of the molecule is NCCCCOC(=O)CN(CC(=O)O)CC(=O)O. The van der Waals surface area contributed by atoms with Crippen LogP contribution in [0.3, 0.4) is 0 Å². The van der Waals surface area contributed by atoms with Crippen molar-refractivity contribution in [3.8, 4) is 0 Å². The third-order valence-electron chi connectivity index (χ3n) is 1.93. The Bertz CT molecular complexity index is 278. The summed E-state index contributed by atoms with van der Waals surface area (Å²) in [5, 5.41) is 17.1. The maximum absolute atomic E-state index is 11.3. The zero-order valence-electron chi connectivity index (χ0n) is 10.0. The number of nitrogens with two attached hydrogens (primary N) is 1. The van der Waals surface area contributed by atoms with Gasteiger partial charge in [-0.3, -0.25) is 19.3 Å². The lowest BCUT2D eigenvalue weighted by molar-refractivity contribution is -0.148. The van der Waals surface area contributed by atoms with E-state index >= 15 is 0 Å². The van der Waals surface area contributed by atoms with Gasteiger partial charge < -0.3 is 20.7 Å². The predicted molar refractivity (Wildman–Crippen MR) is 61.0 cm³/mol. The second kappa shape index (κ2) is 9.37. The normalized spacial score (nSPS) is 10.3. The number of ether oxygens (including phenoxy) is 1.